The molecule has 4 heterocycles. The molecule has 4 aromatic carbocycles. The van der Waals surface area contributed by atoms with E-state index in [1.165, 1.54) is 24.1 Å². The van der Waals surface area contributed by atoms with E-state index in [-0.39, 0.29) is 88.7 Å². The number of imide groups is 1. The van der Waals surface area contributed by atoms with Crippen molar-refractivity contribution < 1.29 is 42.6 Å². The standard InChI is InChI=1S/C56H67ClFN7O8/c1-71-47-17-10-38(33-46(47)65-25-19-49(66)62-55(65)70)54(69)64-28-23-56(24-29-64)21-26-63(27-22-56)35-50(67)61-40-13-11-39(12-14-40)60-34-44(36-6-3-2-4-7-36)37-9-16-45(57)43(32-37)51-42(53(59)68)15-18-48(52(51)58)73-31-20-41-8-5-30-72-41/h2-4,6-7,9-10,15-18,32-33,39-41,44,60H,5,8,11-14,19-31,34-35H2,1H3,(H2,59,68)(H,61,67)(H,62,66,70). The molecule has 5 aliphatic rings. The van der Waals surface area contributed by atoms with Gasteiger partial charge in [0.2, 0.25) is 17.7 Å². The lowest BCUT2D eigenvalue weighted by atomic mass is 9.71. The van der Waals surface area contributed by atoms with Crippen LogP contribution < -0.4 is 36.1 Å². The summed E-state index contributed by atoms with van der Waals surface area (Å²) in [7, 11) is 1.51. The van der Waals surface area contributed by atoms with Gasteiger partial charge in [-0.05, 0) is 136 Å². The Balaban J connectivity index is 0.747. The topological polar surface area (TPSA) is 185 Å². The molecule has 17 heteroatoms. The van der Waals surface area contributed by atoms with Crippen molar-refractivity contribution in [1.29, 1.82) is 0 Å². The first-order valence-corrected chi connectivity index (χ1v) is 26.3. The molecule has 1 spiro atoms. The summed E-state index contributed by atoms with van der Waals surface area (Å²) in [5.74, 6) is -1.49. The highest BCUT2D eigenvalue weighted by Crippen LogP contribution is 2.43. The zero-order valence-electron chi connectivity index (χ0n) is 41.6. The summed E-state index contributed by atoms with van der Waals surface area (Å²) in [6, 6.07) is 23.5. The first kappa shape index (κ1) is 51.8. The number of rotatable bonds is 17. The number of piperidine rings is 2. The van der Waals surface area contributed by atoms with Gasteiger partial charge in [-0.3, -0.25) is 34.3 Å². The minimum Gasteiger partial charge on any atom is -0.495 e. The summed E-state index contributed by atoms with van der Waals surface area (Å²) in [5, 5.41) is 9.76. The molecule has 1 aliphatic carbocycles. The fourth-order valence-corrected chi connectivity index (χ4v) is 11.7. The van der Waals surface area contributed by atoms with Crippen LogP contribution in [-0.2, 0) is 14.3 Å². The van der Waals surface area contributed by atoms with Crippen molar-refractivity contribution in [1.82, 2.24) is 25.8 Å². The molecule has 4 saturated heterocycles. The molecule has 15 nitrogen and oxygen atoms in total. The Labute approximate surface area is 431 Å². The van der Waals surface area contributed by atoms with Crippen LogP contribution in [0.15, 0.2) is 78.9 Å². The van der Waals surface area contributed by atoms with Crippen LogP contribution >= 0.6 is 11.6 Å². The van der Waals surface area contributed by atoms with Crippen LogP contribution in [0, 0.1) is 11.2 Å². The number of hydrogen-bond donors (Lipinski definition) is 4. The van der Waals surface area contributed by atoms with Crippen LogP contribution in [-0.4, -0.2) is 124 Å². The van der Waals surface area contributed by atoms with E-state index >= 15 is 4.39 Å². The summed E-state index contributed by atoms with van der Waals surface area (Å²) in [5.41, 5.74) is 9.23. The van der Waals surface area contributed by atoms with Crippen molar-refractivity contribution in [2.75, 3.05) is 71.0 Å². The molecule has 4 aliphatic heterocycles. The van der Waals surface area contributed by atoms with E-state index < -0.39 is 17.8 Å². The van der Waals surface area contributed by atoms with Gasteiger partial charge in [-0.15, -0.1) is 0 Å². The number of ether oxygens (including phenoxy) is 3. The summed E-state index contributed by atoms with van der Waals surface area (Å²) in [6.07, 6.45) is 10.1. The number of nitrogens with zero attached hydrogens (tertiary/aromatic N) is 3. The van der Waals surface area contributed by atoms with E-state index in [0.717, 1.165) is 95.0 Å². The Morgan fingerprint density at radius 2 is 1.60 bits per heavy atom. The summed E-state index contributed by atoms with van der Waals surface area (Å²) >= 11 is 6.82. The van der Waals surface area contributed by atoms with E-state index in [9.17, 15) is 24.0 Å². The number of likely N-dealkylation sites (tertiary alicyclic amines) is 2. The Hall–Kier alpha value is -6.07. The monoisotopic (exact) mass is 1020 g/mol. The number of urea groups is 1. The van der Waals surface area contributed by atoms with E-state index in [2.05, 4.69) is 33.0 Å². The zero-order valence-corrected chi connectivity index (χ0v) is 42.4. The number of halogens is 2. The predicted molar refractivity (Wildman–Crippen MR) is 277 cm³/mol. The molecular weight excluding hydrogens is 953 g/mol. The third kappa shape index (κ3) is 12.3. The van der Waals surface area contributed by atoms with Crippen molar-refractivity contribution in [3.8, 4) is 22.6 Å². The maximum absolute atomic E-state index is 16.5. The second kappa shape index (κ2) is 23.4. The Morgan fingerprint density at radius 3 is 2.30 bits per heavy atom. The van der Waals surface area contributed by atoms with Gasteiger partial charge in [0.05, 0.1) is 37.6 Å². The van der Waals surface area contributed by atoms with Gasteiger partial charge in [-0.25, -0.2) is 9.18 Å². The molecule has 2 atom stereocenters. The molecule has 5 N–H and O–H groups in total. The predicted octanol–water partition coefficient (Wildman–Crippen LogP) is 7.82. The van der Waals surface area contributed by atoms with Crippen molar-refractivity contribution >= 4 is 46.9 Å². The molecule has 6 amide bonds. The number of amides is 6. The van der Waals surface area contributed by atoms with Gasteiger partial charge in [0, 0.05) is 85.3 Å². The lowest BCUT2D eigenvalue weighted by Crippen LogP contribution is -2.51. The first-order valence-electron chi connectivity index (χ1n) is 25.9. The van der Waals surface area contributed by atoms with Gasteiger partial charge in [0.15, 0.2) is 11.6 Å². The van der Waals surface area contributed by atoms with Gasteiger partial charge in [-0.2, -0.15) is 0 Å². The van der Waals surface area contributed by atoms with E-state index in [4.69, 9.17) is 31.5 Å². The lowest BCUT2D eigenvalue weighted by Gasteiger charge is -2.46. The number of benzene rings is 4. The Bertz CT molecular complexity index is 2640. The number of methoxy groups -OCH3 is 1. The van der Waals surface area contributed by atoms with Crippen LogP contribution in [0.5, 0.6) is 11.5 Å². The second-order valence-electron chi connectivity index (χ2n) is 20.4. The fraction of sp³-hybridized carbons (Fsp3) is 0.482. The summed E-state index contributed by atoms with van der Waals surface area (Å²) < 4.78 is 33.6. The van der Waals surface area contributed by atoms with E-state index in [1.807, 2.05) is 35.2 Å². The maximum Gasteiger partial charge on any atom is 0.328 e. The summed E-state index contributed by atoms with van der Waals surface area (Å²) in [6.45, 7) is 5.08. The average molecular weight is 1020 g/mol. The molecule has 388 valence electrons. The van der Waals surface area contributed by atoms with Gasteiger partial charge >= 0.3 is 6.03 Å². The zero-order chi connectivity index (χ0) is 51.1. The Morgan fingerprint density at radius 1 is 0.877 bits per heavy atom. The lowest BCUT2D eigenvalue weighted by molar-refractivity contribution is -0.124. The van der Waals surface area contributed by atoms with Gasteiger partial charge in [0.1, 0.15) is 5.75 Å². The first-order chi connectivity index (χ1) is 35.4. The Kier molecular flexibility index (Phi) is 16.6. The van der Waals surface area contributed by atoms with Crippen LogP contribution in [0.1, 0.15) is 115 Å². The minimum atomic E-state index is -0.768. The van der Waals surface area contributed by atoms with Crippen molar-refractivity contribution in [2.45, 2.75) is 101 Å². The van der Waals surface area contributed by atoms with E-state index in [0.29, 0.717) is 55.2 Å². The van der Waals surface area contributed by atoms with Gasteiger partial charge < -0.3 is 35.5 Å². The molecule has 0 bridgehead atoms. The number of carbonyl (C=O) groups excluding carboxylic acids is 5. The SMILES string of the molecule is COc1ccc(C(=O)N2CCC3(CCN(CC(=O)NC4CCC(NCC(c5ccccc5)c5ccc(Cl)c(-c6c(C(N)=O)ccc(OCCC7CCCO7)c6F)c5)CC4)CC3)CC2)cc1N1CCC(=O)NC1=O. The molecule has 0 aromatic heterocycles. The molecule has 73 heavy (non-hydrogen) atoms. The third-order valence-electron chi connectivity index (χ3n) is 15.8. The quantitative estimate of drug-likeness (QED) is 0.0814. The van der Waals surface area contributed by atoms with Gasteiger partial charge in [-0.1, -0.05) is 48.0 Å². The molecule has 9 rings (SSSR count). The molecule has 0 radical (unpaired) electrons. The molecule has 1 saturated carbocycles. The van der Waals surface area contributed by atoms with Gasteiger partial charge in [0.25, 0.3) is 5.91 Å². The molecule has 4 aromatic rings. The average Bonchev–Trinajstić information content (AvgIpc) is 3.92. The van der Waals surface area contributed by atoms with Crippen LogP contribution in [0.25, 0.3) is 11.1 Å². The highest BCUT2D eigenvalue weighted by Gasteiger charge is 2.40. The van der Waals surface area contributed by atoms with Crippen molar-refractivity contribution in [3.63, 3.8) is 0 Å². The van der Waals surface area contributed by atoms with Crippen molar-refractivity contribution in [2.24, 2.45) is 11.1 Å². The van der Waals surface area contributed by atoms with Crippen molar-refractivity contribution in [3.05, 3.63) is 112 Å². The molecule has 2 unspecified atom stereocenters. The second-order valence-corrected chi connectivity index (χ2v) is 20.8. The number of nitrogens with one attached hydrogen (secondary N) is 3. The minimum absolute atomic E-state index is 0.0143. The van der Waals surface area contributed by atoms with Crippen LogP contribution in [0.3, 0.4) is 0 Å². The highest BCUT2D eigenvalue weighted by molar-refractivity contribution is 6.33. The summed E-state index contributed by atoms with van der Waals surface area (Å²) in [4.78, 5) is 69.8. The fourth-order valence-electron chi connectivity index (χ4n) is 11.5. The molecular formula is C56H67ClFN7O8. The number of anilines is 1. The number of nitrogens with two attached hydrogens (primary N) is 1. The number of primary amides is 1. The largest absolute Gasteiger partial charge is 0.495 e. The maximum atomic E-state index is 16.5. The molecule has 5 fully saturated rings. The van der Waals surface area contributed by atoms with E-state index in [1.54, 1.807) is 24.3 Å². The third-order valence-corrected chi connectivity index (χ3v) is 16.2. The highest BCUT2D eigenvalue weighted by atomic mass is 35.5. The number of hydrogen-bond acceptors (Lipinski definition) is 10. The smallest absolute Gasteiger partial charge is 0.328 e. The normalized spacial score (nSPS) is 21.7. The van der Waals surface area contributed by atoms with Crippen LogP contribution in [0.2, 0.25) is 5.02 Å². The number of carbonyl (C=O) groups is 5. The van der Waals surface area contributed by atoms with Crippen LogP contribution in [0.4, 0.5) is 14.9 Å².